The van der Waals surface area contributed by atoms with E-state index in [2.05, 4.69) is 0 Å². The van der Waals surface area contributed by atoms with Crippen LogP contribution in [-0.2, 0) is 33.4 Å². The van der Waals surface area contributed by atoms with Gasteiger partial charge in [-0.2, -0.15) is 0 Å². The number of Topliss-reactive ketones (excluding diaryl/α,β-unsaturated/α-hetero) is 1. The summed E-state index contributed by atoms with van der Waals surface area (Å²) in [6.07, 6.45) is 3.54. The van der Waals surface area contributed by atoms with Gasteiger partial charge < -0.3 is 19.3 Å². The lowest BCUT2D eigenvalue weighted by atomic mass is 9.65. The first kappa shape index (κ1) is 28.4. The number of carbonyl (C=O) groups is 4. The molecule has 0 aromatic rings. The monoisotopic (exact) mass is 506 g/mol. The largest absolute Gasteiger partial charge is 0.461 e. The molecule has 2 saturated carbocycles. The van der Waals surface area contributed by atoms with Crippen molar-refractivity contribution in [1.29, 1.82) is 0 Å². The molecule has 0 bridgehead atoms. The van der Waals surface area contributed by atoms with Gasteiger partial charge in [-0.25, -0.2) is 0 Å². The summed E-state index contributed by atoms with van der Waals surface area (Å²) in [6.45, 7) is 11.3. The number of rotatable bonds is 10. The third kappa shape index (κ3) is 4.85. The highest BCUT2D eigenvalue weighted by molar-refractivity contribution is 5.83. The SMILES string of the molecule is CCCC(=O)OCC1=C[C@H]2C3C(C)(C)[C@]3(OC(=O)CCC)[C@H](OC(=O)CCC)[C@@H](C)[C@]2(O)CC(=O)C1. The van der Waals surface area contributed by atoms with Crippen LogP contribution in [0.15, 0.2) is 11.6 Å². The third-order valence-corrected chi connectivity index (χ3v) is 8.41. The predicted octanol–water partition coefficient (Wildman–Crippen LogP) is 4.07. The van der Waals surface area contributed by atoms with Gasteiger partial charge in [-0.15, -0.1) is 0 Å². The van der Waals surface area contributed by atoms with E-state index in [-0.39, 0.29) is 55.9 Å². The van der Waals surface area contributed by atoms with Crippen molar-refractivity contribution < 1.29 is 38.5 Å². The molecule has 0 aromatic heterocycles. The van der Waals surface area contributed by atoms with E-state index in [1.54, 1.807) is 6.92 Å². The van der Waals surface area contributed by atoms with Crippen molar-refractivity contribution in [2.45, 2.75) is 110 Å². The lowest BCUT2D eigenvalue weighted by molar-refractivity contribution is -0.212. The fourth-order valence-electron chi connectivity index (χ4n) is 6.59. The molecule has 1 N–H and O–H groups in total. The maximum absolute atomic E-state index is 13.0. The predicted molar refractivity (Wildman–Crippen MR) is 132 cm³/mol. The minimum absolute atomic E-state index is 0.0176. The summed E-state index contributed by atoms with van der Waals surface area (Å²) in [5.74, 6) is -2.87. The number of ether oxygens (including phenoxy) is 3. The molecule has 6 atom stereocenters. The van der Waals surface area contributed by atoms with E-state index in [1.807, 2.05) is 40.7 Å². The second kappa shape index (κ2) is 10.6. The van der Waals surface area contributed by atoms with Gasteiger partial charge in [-0.05, 0) is 24.8 Å². The molecule has 0 amide bonds. The number of fused-ring (bicyclic) bond motifs is 3. The number of ketones is 1. The second-order valence-corrected chi connectivity index (χ2v) is 11.3. The Bertz CT molecular complexity index is 921. The van der Waals surface area contributed by atoms with Gasteiger partial charge in [-0.3, -0.25) is 19.2 Å². The van der Waals surface area contributed by atoms with Crippen LogP contribution in [0.2, 0.25) is 0 Å². The fourth-order valence-corrected chi connectivity index (χ4v) is 6.59. The van der Waals surface area contributed by atoms with E-state index in [1.165, 1.54) is 0 Å². The molecule has 8 heteroatoms. The summed E-state index contributed by atoms with van der Waals surface area (Å²) >= 11 is 0. The molecule has 202 valence electrons. The highest BCUT2D eigenvalue weighted by Crippen LogP contribution is 2.75. The molecular formula is C28H42O8. The van der Waals surface area contributed by atoms with Crippen molar-refractivity contribution >= 4 is 23.7 Å². The van der Waals surface area contributed by atoms with Crippen LogP contribution in [0.25, 0.3) is 0 Å². The standard InChI is InChI=1S/C28H42O8/c1-7-10-21(30)34-16-18-13-19(29)15-27(33)17(4)25(35-22(31)11-8-2)28(36-23(32)12-9-3)24(20(27)14-18)26(28,5)6/h14,17,20,24-25,33H,7-13,15-16H2,1-6H3/t17-,20+,24?,25-,27-,28-/m1/s1. The van der Waals surface area contributed by atoms with Crippen molar-refractivity contribution in [3.63, 3.8) is 0 Å². The Balaban J connectivity index is 2.05. The number of aliphatic hydroxyl groups is 1. The minimum Gasteiger partial charge on any atom is -0.461 e. The van der Waals surface area contributed by atoms with Gasteiger partial charge in [0, 0.05) is 55.3 Å². The Morgan fingerprint density at radius 1 is 1.00 bits per heavy atom. The maximum atomic E-state index is 13.0. The molecular weight excluding hydrogens is 464 g/mol. The second-order valence-electron chi connectivity index (χ2n) is 11.3. The Kier molecular flexibility index (Phi) is 8.38. The minimum atomic E-state index is -1.50. The van der Waals surface area contributed by atoms with E-state index in [4.69, 9.17) is 14.2 Å². The molecule has 8 nitrogen and oxygen atoms in total. The first-order valence-corrected chi connectivity index (χ1v) is 13.4. The highest BCUT2D eigenvalue weighted by atomic mass is 16.6. The Morgan fingerprint density at radius 2 is 1.58 bits per heavy atom. The summed E-state index contributed by atoms with van der Waals surface area (Å²) < 4.78 is 17.5. The van der Waals surface area contributed by atoms with Crippen LogP contribution < -0.4 is 0 Å². The molecule has 3 rings (SSSR count). The lowest BCUT2D eigenvalue weighted by Gasteiger charge is -2.48. The van der Waals surface area contributed by atoms with Crippen LogP contribution in [0.3, 0.4) is 0 Å². The topological polar surface area (TPSA) is 116 Å². The van der Waals surface area contributed by atoms with Crippen LogP contribution in [0, 0.1) is 23.2 Å². The van der Waals surface area contributed by atoms with Crippen molar-refractivity contribution in [1.82, 2.24) is 0 Å². The third-order valence-electron chi connectivity index (χ3n) is 8.41. The van der Waals surface area contributed by atoms with Gasteiger partial charge in [0.15, 0.2) is 5.60 Å². The van der Waals surface area contributed by atoms with Crippen molar-refractivity contribution in [2.75, 3.05) is 6.61 Å². The lowest BCUT2D eigenvalue weighted by Crippen LogP contribution is -2.61. The number of carbonyl (C=O) groups excluding carboxylic acids is 4. The van der Waals surface area contributed by atoms with Gasteiger partial charge in [0.05, 0.1) is 5.60 Å². The van der Waals surface area contributed by atoms with Crippen LogP contribution in [-0.4, -0.2) is 52.7 Å². The zero-order chi connectivity index (χ0) is 26.9. The number of hydrogen-bond acceptors (Lipinski definition) is 8. The Labute approximate surface area is 214 Å². The van der Waals surface area contributed by atoms with E-state index >= 15 is 0 Å². The fraction of sp³-hybridized carbons (Fsp3) is 0.786. The Morgan fingerprint density at radius 3 is 2.19 bits per heavy atom. The zero-order valence-corrected chi connectivity index (χ0v) is 22.6. The van der Waals surface area contributed by atoms with Gasteiger partial charge >= 0.3 is 17.9 Å². The van der Waals surface area contributed by atoms with E-state index < -0.39 is 40.5 Å². The molecule has 1 unspecified atom stereocenters. The van der Waals surface area contributed by atoms with E-state index in [0.717, 1.165) is 0 Å². The highest BCUT2D eigenvalue weighted by Gasteiger charge is 2.86. The van der Waals surface area contributed by atoms with E-state index in [0.29, 0.717) is 31.3 Å². The van der Waals surface area contributed by atoms with Crippen molar-refractivity contribution in [3.05, 3.63) is 11.6 Å². The first-order chi connectivity index (χ1) is 16.9. The van der Waals surface area contributed by atoms with Gasteiger partial charge in [0.25, 0.3) is 0 Å². The van der Waals surface area contributed by atoms with Crippen LogP contribution >= 0.6 is 0 Å². The summed E-state index contributed by atoms with van der Waals surface area (Å²) in [5.41, 5.74) is -2.60. The first-order valence-electron chi connectivity index (χ1n) is 13.4. The van der Waals surface area contributed by atoms with Gasteiger partial charge in [-0.1, -0.05) is 47.6 Å². The molecule has 0 radical (unpaired) electrons. The van der Waals surface area contributed by atoms with Crippen LogP contribution in [0.5, 0.6) is 0 Å². The number of hydrogen-bond donors (Lipinski definition) is 1. The molecule has 3 aliphatic carbocycles. The quantitative estimate of drug-likeness (QED) is 0.268. The molecule has 0 saturated heterocycles. The molecule has 2 fully saturated rings. The average Bonchev–Trinajstić information content (AvgIpc) is 3.31. The zero-order valence-electron chi connectivity index (χ0n) is 22.6. The maximum Gasteiger partial charge on any atom is 0.306 e. The van der Waals surface area contributed by atoms with Crippen LogP contribution in [0.4, 0.5) is 0 Å². The van der Waals surface area contributed by atoms with Crippen LogP contribution in [0.1, 0.15) is 92.9 Å². The van der Waals surface area contributed by atoms with Gasteiger partial charge in [0.2, 0.25) is 0 Å². The molecule has 0 heterocycles. The Hall–Kier alpha value is -2.22. The molecule has 36 heavy (non-hydrogen) atoms. The summed E-state index contributed by atoms with van der Waals surface area (Å²) in [6, 6.07) is 0. The average molecular weight is 507 g/mol. The van der Waals surface area contributed by atoms with Gasteiger partial charge in [0.1, 0.15) is 18.5 Å². The number of esters is 3. The van der Waals surface area contributed by atoms with E-state index in [9.17, 15) is 24.3 Å². The summed E-state index contributed by atoms with van der Waals surface area (Å²) in [4.78, 5) is 50.4. The smallest absolute Gasteiger partial charge is 0.306 e. The van der Waals surface area contributed by atoms with Crippen molar-refractivity contribution in [3.8, 4) is 0 Å². The molecule has 0 spiro atoms. The molecule has 3 aliphatic rings. The molecule has 0 aromatic carbocycles. The molecule has 0 aliphatic heterocycles. The normalized spacial score (nSPS) is 34.4. The summed E-state index contributed by atoms with van der Waals surface area (Å²) in [7, 11) is 0. The summed E-state index contributed by atoms with van der Waals surface area (Å²) in [5, 5.41) is 12.1. The van der Waals surface area contributed by atoms with Crippen molar-refractivity contribution in [2.24, 2.45) is 23.2 Å².